The molecule has 0 unspecified atom stereocenters. The molecule has 0 saturated heterocycles. The van der Waals surface area contributed by atoms with E-state index >= 15 is 0 Å². The van der Waals surface area contributed by atoms with Crippen LogP contribution in [0.5, 0.6) is 0 Å². The highest BCUT2D eigenvalue weighted by Crippen LogP contribution is 2.10. The molecule has 0 aliphatic rings. The summed E-state index contributed by atoms with van der Waals surface area (Å²) >= 11 is 5.65. The summed E-state index contributed by atoms with van der Waals surface area (Å²) in [5.74, 6) is -3.50. The van der Waals surface area contributed by atoms with Gasteiger partial charge in [0.25, 0.3) is 0 Å². The topological polar surface area (TPSA) is 79.3 Å². The largest absolute Gasteiger partial charge is 0.480 e. The van der Waals surface area contributed by atoms with E-state index in [0.29, 0.717) is 11.6 Å². The number of pyridine rings is 1. The summed E-state index contributed by atoms with van der Waals surface area (Å²) in [5.41, 5.74) is 0.686. The van der Waals surface area contributed by atoms with Crippen molar-refractivity contribution in [2.45, 2.75) is 18.9 Å². The number of aliphatic carboxylic acids is 1. The minimum absolute atomic E-state index is 0.00273. The maximum atomic E-state index is 13.1. The molecule has 5 nitrogen and oxygen atoms in total. The molecule has 0 saturated carbocycles. The number of benzene rings is 1. The van der Waals surface area contributed by atoms with Crippen LogP contribution in [-0.4, -0.2) is 28.0 Å². The van der Waals surface area contributed by atoms with Crippen molar-refractivity contribution in [2.75, 3.05) is 0 Å². The van der Waals surface area contributed by atoms with Crippen LogP contribution < -0.4 is 5.32 Å². The Morgan fingerprint density at radius 3 is 2.38 bits per heavy atom. The maximum absolute atomic E-state index is 13.1. The highest BCUT2D eigenvalue weighted by Gasteiger charge is 2.21. The van der Waals surface area contributed by atoms with Crippen molar-refractivity contribution in [3.8, 4) is 0 Å². The van der Waals surface area contributed by atoms with E-state index in [9.17, 15) is 23.5 Å². The zero-order chi connectivity index (χ0) is 17.7. The summed E-state index contributed by atoms with van der Waals surface area (Å²) in [6, 6.07) is 4.63. The molecule has 8 heteroatoms. The van der Waals surface area contributed by atoms with E-state index in [1.165, 1.54) is 12.3 Å². The summed E-state index contributed by atoms with van der Waals surface area (Å²) in [4.78, 5) is 27.1. The number of nitrogens with zero attached hydrogens (tertiary/aromatic N) is 1. The second-order valence-corrected chi connectivity index (χ2v) is 5.49. The third-order valence-electron chi connectivity index (χ3n) is 3.15. The van der Waals surface area contributed by atoms with Crippen LogP contribution >= 0.6 is 11.6 Å². The van der Waals surface area contributed by atoms with Crippen LogP contribution in [0.15, 0.2) is 36.5 Å². The van der Waals surface area contributed by atoms with Gasteiger partial charge in [-0.3, -0.25) is 4.79 Å². The van der Waals surface area contributed by atoms with Crippen molar-refractivity contribution >= 4 is 23.5 Å². The minimum Gasteiger partial charge on any atom is -0.480 e. The number of carbonyl (C=O) groups excluding carboxylic acids is 1. The Labute approximate surface area is 141 Å². The first kappa shape index (κ1) is 17.8. The second-order valence-electron chi connectivity index (χ2n) is 5.11. The second kappa shape index (κ2) is 7.83. The Morgan fingerprint density at radius 2 is 1.83 bits per heavy atom. The summed E-state index contributed by atoms with van der Waals surface area (Å²) < 4.78 is 26.2. The van der Waals surface area contributed by atoms with E-state index < -0.39 is 29.6 Å². The number of hydrogen-bond donors (Lipinski definition) is 2. The summed E-state index contributed by atoms with van der Waals surface area (Å²) in [5, 5.41) is 11.8. The van der Waals surface area contributed by atoms with Gasteiger partial charge >= 0.3 is 5.97 Å². The normalized spacial score (nSPS) is 11.8. The molecule has 126 valence electrons. The Hall–Kier alpha value is -2.54. The van der Waals surface area contributed by atoms with Crippen LogP contribution in [0, 0.1) is 11.6 Å². The first-order chi connectivity index (χ1) is 11.3. The first-order valence-corrected chi connectivity index (χ1v) is 7.29. The lowest BCUT2D eigenvalue weighted by molar-refractivity contribution is -0.141. The SMILES string of the molecule is O=C(Cc1cc(F)cc(F)c1)N[C@@H](Cc1ccc(Cl)nc1)C(=O)O. The van der Waals surface area contributed by atoms with Gasteiger partial charge in [0.2, 0.25) is 5.91 Å². The molecule has 2 rings (SSSR count). The number of amides is 1. The highest BCUT2D eigenvalue weighted by atomic mass is 35.5. The van der Waals surface area contributed by atoms with Gasteiger partial charge in [-0.2, -0.15) is 0 Å². The van der Waals surface area contributed by atoms with Crippen LogP contribution in [0.4, 0.5) is 8.78 Å². The number of carbonyl (C=O) groups is 2. The molecule has 0 aliphatic heterocycles. The number of aromatic nitrogens is 1. The van der Waals surface area contributed by atoms with Crippen LogP contribution in [0.2, 0.25) is 5.15 Å². The average molecular weight is 355 g/mol. The van der Waals surface area contributed by atoms with Gasteiger partial charge in [-0.1, -0.05) is 17.7 Å². The van der Waals surface area contributed by atoms with Crippen molar-refractivity contribution in [3.63, 3.8) is 0 Å². The maximum Gasteiger partial charge on any atom is 0.326 e. The van der Waals surface area contributed by atoms with Crippen LogP contribution in [0.25, 0.3) is 0 Å². The third-order valence-corrected chi connectivity index (χ3v) is 3.37. The van der Waals surface area contributed by atoms with Gasteiger partial charge in [-0.25, -0.2) is 18.6 Å². The zero-order valence-corrected chi connectivity index (χ0v) is 13.1. The van der Waals surface area contributed by atoms with Gasteiger partial charge in [-0.15, -0.1) is 0 Å². The molecule has 1 aromatic heterocycles. The molecule has 0 aliphatic carbocycles. The quantitative estimate of drug-likeness (QED) is 0.781. The molecule has 1 atom stereocenters. The molecular weight excluding hydrogens is 342 g/mol. The van der Waals surface area contributed by atoms with E-state index in [0.717, 1.165) is 12.1 Å². The van der Waals surface area contributed by atoms with E-state index in [-0.39, 0.29) is 23.6 Å². The monoisotopic (exact) mass is 354 g/mol. The summed E-state index contributed by atoms with van der Waals surface area (Å²) in [6.45, 7) is 0. The fourth-order valence-electron chi connectivity index (χ4n) is 2.11. The smallest absolute Gasteiger partial charge is 0.326 e. The number of halogens is 3. The Balaban J connectivity index is 2.02. The first-order valence-electron chi connectivity index (χ1n) is 6.91. The molecule has 1 heterocycles. The van der Waals surface area contributed by atoms with Gasteiger partial charge in [0.1, 0.15) is 22.8 Å². The fraction of sp³-hybridized carbons (Fsp3) is 0.188. The van der Waals surface area contributed by atoms with Crippen LogP contribution in [0.3, 0.4) is 0 Å². The van der Waals surface area contributed by atoms with E-state index in [4.69, 9.17) is 11.6 Å². The van der Waals surface area contributed by atoms with Crippen molar-refractivity contribution in [1.29, 1.82) is 0 Å². The Kier molecular flexibility index (Phi) is 5.81. The Morgan fingerprint density at radius 1 is 1.17 bits per heavy atom. The number of rotatable bonds is 6. The van der Waals surface area contributed by atoms with Crippen LogP contribution in [0.1, 0.15) is 11.1 Å². The molecule has 1 amide bonds. The highest BCUT2D eigenvalue weighted by molar-refractivity contribution is 6.29. The van der Waals surface area contributed by atoms with Gasteiger partial charge in [0.15, 0.2) is 0 Å². The van der Waals surface area contributed by atoms with Gasteiger partial charge in [0, 0.05) is 18.7 Å². The lowest BCUT2D eigenvalue weighted by Gasteiger charge is -2.14. The molecule has 2 aromatic rings. The standard InChI is InChI=1S/C16H13ClF2N2O3/c17-14-2-1-9(8-20-14)5-13(16(23)24)21-15(22)6-10-3-11(18)7-12(19)4-10/h1-4,7-8,13H,5-6H2,(H,21,22)(H,23,24)/t13-/m0/s1. The van der Waals surface area contributed by atoms with E-state index in [2.05, 4.69) is 10.3 Å². The third kappa shape index (κ3) is 5.27. The predicted molar refractivity (Wildman–Crippen MR) is 82.6 cm³/mol. The lowest BCUT2D eigenvalue weighted by atomic mass is 10.1. The predicted octanol–water partition coefficient (Wildman–Crippen LogP) is 2.37. The minimum atomic E-state index is -1.23. The number of carboxylic acid groups (broad SMARTS) is 1. The molecule has 0 fully saturated rings. The molecule has 0 spiro atoms. The molecule has 0 bridgehead atoms. The summed E-state index contributed by atoms with van der Waals surface area (Å²) in [7, 11) is 0. The van der Waals surface area contributed by atoms with Crippen molar-refractivity contribution < 1.29 is 23.5 Å². The molecule has 24 heavy (non-hydrogen) atoms. The van der Waals surface area contributed by atoms with Crippen molar-refractivity contribution in [2.24, 2.45) is 0 Å². The van der Waals surface area contributed by atoms with Gasteiger partial charge in [0.05, 0.1) is 6.42 Å². The van der Waals surface area contributed by atoms with Gasteiger partial charge in [-0.05, 0) is 29.3 Å². The van der Waals surface area contributed by atoms with E-state index in [1.54, 1.807) is 6.07 Å². The van der Waals surface area contributed by atoms with Crippen LogP contribution in [-0.2, 0) is 22.4 Å². The molecule has 2 N–H and O–H groups in total. The average Bonchev–Trinajstić information content (AvgIpc) is 2.47. The molecular formula is C16H13ClF2N2O3. The number of carboxylic acids is 1. The van der Waals surface area contributed by atoms with Crippen molar-refractivity contribution in [3.05, 3.63) is 64.4 Å². The van der Waals surface area contributed by atoms with E-state index in [1.807, 2.05) is 0 Å². The fourth-order valence-corrected chi connectivity index (χ4v) is 2.22. The molecule has 0 radical (unpaired) electrons. The van der Waals surface area contributed by atoms with Crippen molar-refractivity contribution in [1.82, 2.24) is 10.3 Å². The lowest BCUT2D eigenvalue weighted by Crippen LogP contribution is -2.43. The summed E-state index contributed by atoms with van der Waals surface area (Å²) in [6.07, 6.45) is 1.08. The molecule has 1 aromatic carbocycles. The Bertz CT molecular complexity index is 733. The number of nitrogens with one attached hydrogen (secondary N) is 1. The number of hydrogen-bond acceptors (Lipinski definition) is 3. The zero-order valence-electron chi connectivity index (χ0n) is 12.3. The van der Waals surface area contributed by atoms with Gasteiger partial charge < -0.3 is 10.4 Å².